The topological polar surface area (TPSA) is 64.1 Å². The summed E-state index contributed by atoms with van der Waals surface area (Å²) in [5, 5.41) is 7.00. The molecular formula is C9H15N3O. The molecule has 4 nitrogen and oxygen atoms in total. The molecule has 1 aromatic heterocycles. The number of nitrogen functional groups attached to an aromatic ring is 1. The largest absolute Gasteiger partial charge is 0.395 e. The van der Waals surface area contributed by atoms with E-state index in [-0.39, 0.29) is 0 Å². The highest BCUT2D eigenvalue weighted by Crippen LogP contribution is 2.21. The Hall–Kier alpha value is -1.03. The van der Waals surface area contributed by atoms with E-state index < -0.39 is 0 Å². The van der Waals surface area contributed by atoms with Crippen molar-refractivity contribution in [3.63, 3.8) is 0 Å². The minimum absolute atomic E-state index is 0.693. The van der Waals surface area contributed by atoms with E-state index in [9.17, 15) is 0 Å². The summed E-state index contributed by atoms with van der Waals surface area (Å²) in [5.74, 6) is 1.56. The van der Waals surface area contributed by atoms with Crippen molar-refractivity contribution < 1.29 is 4.52 Å². The van der Waals surface area contributed by atoms with Crippen LogP contribution in [0.3, 0.4) is 0 Å². The highest BCUT2D eigenvalue weighted by atomic mass is 16.5. The number of rotatable bonds is 2. The Bertz CT molecular complexity index is 266. The molecule has 0 bridgehead atoms. The first-order valence-electron chi connectivity index (χ1n) is 4.76. The normalized spacial score (nSPS) is 19.1. The van der Waals surface area contributed by atoms with E-state index in [1.165, 1.54) is 12.8 Å². The van der Waals surface area contributed by atoms with Crippen LogP contribution in [0.15, 0.2) is 10.7 Å². The molecule has 1 saturated heterocycles. The van der Waals surface area contributed by atoms with Gasteiger partial charge in [-0.3, -0.25) is 0 Å². The molecule has 0 spiro atoms. The van der Waals surface area contributed by atoms with Crippen molar-refractivity contribution in [2.24, 2.45) is 5.92 Å². The number of nitrogens with one attached hydrogen (secondary N) is 1. The Morgan fingerprint density at radius 3 is 2.92 bits per heavy atom. The second-order valence-corrected chi connectivity index (χ2v) is 3.60. The SMILES string of the molecule is Nc1cnoc1CC1CCNCC1. The van der Waals surface area contributed by atoms with Crippen LogP contribution in [-0.2, 0) is 6.42 Å². The van der Waals surface area contributed by atoms with Crippen LogP contribution in [0.1, 0.15) is 18.6 Å². The summed E-state index contributed by atoms with van der Waals surface area (Å²) in [6.07, 6.45) is 4.93. The number of anilines is 1. The standard InChI is InChI=1S/C9H15N3O/c10-8-6-12-13-9(8)5-7-1-3-11-4-2-7/h6-7,11H,1-5,10H2. The first kappa shape index (κ1) is 8.56. The first-order valence-corrected chi connectivity index (χ1v) is 4.76. The number of nitrogens with zero attached hydrogens (tertiary/aromatic N) is 1. The van der Waals surface area contributed by atoms with Crippen LogP contribution in [0, 0.1) is 5.92 Å². The number of hydrogen-bond donors (Lipinski definition) is 2. The number of hydrogen-bond acceptors (Lipinski definition) is 4. The van der Waals surface area contributed by atoms with Gasteiger partial charge < -0.3 is 15.6 Å². The fourth-order valence-electron chi connectivity index (χ4n) is 1.77. The van der Waals surface area contributed by atoms with E-state index in [4.69, 9.17) is 10.3 Å². The van der Waals surface area contributed by atoms with Gasteiger partial charge in [0.25, 0.3) is 0 Å². The lowest BCUT2D eigenvalue weighted by Gasteiger charge is -2.21. The Morgan fingerprint density at radius 2 is 2.31 bits per heavy atom. The second-order valence-electron chi connectivity index (χ2n) is 3.60. The number of nitrogens with two attached hydrogens (primary N) is 1. The van der Waals surface area contributed by atoms with Gasteiger partial charge in [0.1, 0.15) is 0 Å². The van der Waals surface area contributed by atoms with Gasteiger partial charge in [-0.15, -0.1) is 0 Å². The van der Waals surface area contributed by atoms with E-state index in [0.29, 0.717) is 11.6 Å². The maximum absolute atomic E-state index is 5.69. The molecule has 0 unspecified atom stereocenters. The third kappa shape index (κ3) is 2.01. The average molecular weight is 181 g/mol. The Kier molecular flexibility index (Phi) is 2.49. The van der Waals surface area contributed by atoms with Gasteiger partial charge in [0.15, 0.2) is 5.76 Å². The highest BCUT2D eigenvalue weighted by Gasteiger charge is 2.16. The van der Waals surface area contributed by atoms with Crippen LogP contribution in [0.4, 0.5) is 5.69 Å². The molecule has 0 aromatic carbocycles. The molecule has 3 N–H and O–H groups in total. The van der Waals surface area contributed by atoms with E-state index in [2.05, 4.69) is 10.5 Å². The zero-order valence-electron chi connectivity index (χ0n) is 7.62. The summed E-state index contributed by atoms with van der Waals surface area (Å²) in [6, 6.07) is 0. The summed E-state index contributed by atoms with van der Waals surface area (Å²) < 4.78 is 5.07. The van der Waals surface area contributed by atoms with Crippen molar-refractivity contribution in [1.82, 2.24) is 10.5 Å². The van der Waals surface area contributed by atoms with Gasteiger partial charge in [-0.05, 0) is 31.8 Å². The molecular weight excluding hydrogens is 166 g/mol. The molecule has 13 heavy (non-hydrogen) atoms. The molecule has 0 saturated carbocycles. The molecule has 4 heteroatoms. The molecule has 0 amide bonds. The quantitative estimate of drug-likeness (QED) is 0.708. The Balaban J connectivity index is 1.93. The van der Waals surface area contributed by atoms with E-state index >= 15 is 0 Å². The van der Waals surface area contributed by atoms with Gasteiger partial charge in [-0.2, -0.15) is 0 Å². The summed E-state index contributed by atoms with van der Waals surface area (Å²) >= 11 is 0. The molecule has 72 valence electrons. The molecule has 2 rings (SSSR count). The van der Waals surface area contributed by atoms with Crippen molar-refractivity contribution in [2.75, 3.05) is 18.8 Å². The van der Waals surface area contributed by atoms with Gasteiger partial charge >= 0.3 is 0 Å². The maximum atomic E-state index is 5.69. The average Bonchev–Trinajstić information content (AvgIpc) is 2.54. The summed E-state index contributed by atoms with van der Waals surface area (Å²) in [7, 11) is 0. The zero-order valence-corrected chi connectivity index (χ0v) is 7.62. The number of aromatic nitrogens is 1. The van der Waals surface area contributed by atoms with E-state index in [1.807, 2.05) is 0 Å². The van der Waals surface area contributed by atoms with Gasteiger partial charge in [-0.25, -0.2) is 0 Å². The van der Waals surface area contributed by atoms with Crippen LogP contribution in [-0.4, -0.2) is 18.2 Å². The minimum atomic E-state index is 0.693. The van der Waals surface area contributed by atoms with Gasteiger partial charge in [0.05, 0.1) is 11.9 Å². The summed E-state index contributed by atoms with van der Waals surface area (Å²) in [5.41, 5.74) is 6.38. The first-order chi connectivity index (χ1) is 6.36. The molecule has 1 fully saturated rings. The molecule has 0 radical (unpaired) electrons. The lowest BCUT2D eigenvalue weighted by molar-refractivity contribution is 0.319. The monoisotopic (exact) mass is 181 g/mol. The van der Waals surface area contributed by atoms with Crippen LogP contribution >= 0.6 is 0 Å². The van der Waals surface area contributed by atoms with Crippen molar-refractivity contribution in [2.45, 2.75) is 19.3 Å². The molecule has 1 aliphatic rings. The maximum Gasteiger partial charge on any atom is 0.159 e. The van der Waals surface area contributed by atoms with Crippen LogP contribution in [0.25, 0.3) is 0 Å². The van der Waals surface area contributed by atoms with Gasteiger partial charge in [0, 0.05) is 6.42 Å². The van der Waals surface area contributed by atoms with Crippen LogP contribution < -0.4 is 11.1 Å². The predicted molar refractivity (Wildman–Crippen MR) is 50.2 cm³/mol. The van der Waals surface area contributed by atoms with Crippen molar-refractivity contribution in [3.8, 4) is 0 Å². The minimum Gasteiger partial charge on any atom is -0.395 e. The summed E-state index contributed by atoms with van der Waals surface area (Å²) in [6.45, 7) is 2.22. The fourth-order valence-corrected chi connectivity index (χ4v) is 1.77. The molecule has 0 aliphatic carbocycles. The van der Waals surface area contributed by atoms with Crippen molar-refractivity contribution in [1.29, 1.82) is 0 Å². The fraction of sp³-hybridized carbons (Fsp3) is 0.667. The molecule has 1 aromatic rings. The lowest BCUT2D eigenvalue weighted by atomic mass is 9.93. The van der Waals surface area contributed by atoms with E-state index in [1.54, 1.807) is 6.20 Å². The smallest absolute Gasteiger partial charge is 0.159 e. The third-order valence-corrected chi connectivity index (χ3v) is 2.61. The molecule has 0 atom stereocenters. The van der Waals surface area contributed by atoms with Gasteiger partial charge in [-0.1, -0.05) is 5.16 Å². The summed E-state index contributed by atoms with van der Waals surface area (Å²) in [4.78, 5) is 0. The lowest BCUT2D eigenvalue weighted by Crippen LogP contribution is -2.28. The number of piperidine rings is 1. The van der Waals surface area contributed by atoms with Crippen molar-refractivity contribution >= 4 is 5.69 Å². The Morgan fingerprint density at radius 1 is 1.54 bits per heavy atom. The zero-order chi connectivity index (χ0) is 9.10. The van der Waals surface area contributed by atoms with Crippen LogP contribution in [0.5, 0.6) is 0 Å². The third-order valence-electron chi connectivity index (χ3n) is 2.61. The van der Waals surface area contributed by atoms with E-state index in [0.717, 1.165) is 25.3 Å². The van der Waals surface area contributed by atoms with Crippen molar-refractivity contribution in [3.05, 3.63) is 12.0 Å². The Labute approximate surface area is 77.5 Å². The molecule has 2 heterocycles. The predicted octanol–water partition coefficient (Wildman–Crippen LogP) is 0.799. The van der Waals surface area contributed by atoms with Crippen LogP contribution in [0.2, 0.25) is 0 Å². The second kappa shape index (κ2) is 3.79. The van der Waals surface area contributed by atoms with Gasteiger partial charge in [0.2, 0.25) is 0 Å². The highest BCUT2D eigenvalue weighted by molar-refractivity contribution is 5.38. The molecule has 1 aliphatic heterocycles.